The molecule has 16 heavy (non-hydrogen) atoms. The number of hydrogen-bond donors (Lipinski definition) is 2. The zero-order valence-corrected chi connectivity index (χ0v) is 9.70. The van der Waals surface area contributed by atoms with Crippen LogP contribution in [-0.2, 0) is 0 Å². The van der Waals surface area contributed by atoms with Crippen molar-refractivity contribution < 1.29 is 19.3 Å². The summed E-state index contributed by atoms with van der Waals surface area (Å²) in [6, 6.07) is 4.24. The Morgan fingerprint density at radius 2 is 2.06 bits per heavy atom. The van der Waals surface area contributed by atoms with E-state index in [4.69, 9.17) is 4.74 Å². The summed E-state index contributed by atoms with van der Waals surface area (Å²) in [5, 5.41) is 18.7. The highest BCUT2D eigenvalue weighted by molar-refractivity contribution is 5.30. The molecule has 2 N–H and O–H groups in total. The summed E-state index contributed by atoms with van der Waals surface area (Å²) in [5.74, 6) is -0.174. The lowest BCUT2D eigenvalue weighted by atomic mass is 10.1. The first-order chi connectivity index (χ1) is 7.29. The van der Waals surface area contributed by atoms with Gasteiger partial charge in [0.2, 0.25) is 0 Å². The van der Waals surface area contributed by atoms with E-state index >= 15 is 0 Å². The standard InChI is InChI=1S/C12H17FO3/c1-8(14)10-5-4-9(6-11(10)13)16-7-12(2,3)15/h4-6,8,14-15H,7H2,1-3H3. The van der Waals surface area contributed by atoms with Crippen molar-refractivity contribution in [2.24, 2.45) is 0 Å². The normalized spacial score (nSPS) is 13.6. The predicted octanol–water partition coefficient (Wildman–Crippen LogP) is 2.03. The molecule has 4 heteroatoms. The summed E-state index contributed by atoms with van der Waals surface area (Å²) in [7, 11) is 0. The Hall–Kier alpha value is -1.13. The number of hydrogen-bond acceptors (Lipinski definition) is 3. The van der Waals surface area contributed by atoms with Gasteiger partial charge < -0.3 is 14.9 Å². The molecule has 0 aromatic heterocycles. The van der Waals surface area contributed by atoms with Gasteiger partial charge in [0.1, 0.15) is 18.2 Å². The Kier molecular flexibility index (Phi) is 3.88. The molecule has 0 saturated heterocycles. The third kappa shape index (κ3) is 3.79. The molecule has 1 rings (SSSR count). The third-order valence-electron chi connectivity index (χ3n) is 2.01. The van der Waals surface area contributed by atoms with E-state index in [0.29, 0.717) is 5.75 Å². The van der Waals surface area contributed by atoms with Crippen molar-refractivity contribution in [3.63, 3.8) is 0 Å². The van der Waals surface area contributed by atoms with Crippen molar-refractivity contribution in [1.82, 2.24) is 0 Å². The van der Waals surface area contributed by atoms with Gasteiger partial charge in [0.15, 0.2) is 0 Å². The number of aliphatic hydroxyl groups excluding tert-OH is 1. The summed E-state index contributed by atoms with van der Waals surface area (Å²) in [6.07, 6.45) is -0.844. The molecular weight excluding hydrogens is 211 g/mol. The molecule has 0 aliphatic carbocycles. The molecule has 0 fully saturated rings. The molecule has 1 atom stereocenters. The van der Waals surface area contributed by atoms with Crippen molar-refractivity contribution in [1.29, 1.82) is 0 Å². The molecule has 0 aliphatic rings. The third-order valence-corrected chi connectivity index (χ3v) is 2.01. The van der Waals surface area contributed by atoms with E-state index in [1.807, 2.05) is 0 Å². The molecule has 3 nitrogen and oxygen atoms in total. The molecule has 0 saturated carbocycles. The molecule has 1 unspecified atom stereocenters. The molecule has 0 spiro atoms. The fourth-order valence-corrected chi connectivity index (χ4v) is 1.20. The summed E-state index contributed by atoms with van der Waals surface area (Å²) in [4.78, 5) is 0. The largest absolute Gasteiger partial charge is 0.491 e. The first-order valence-corrected chi connectivity index (χ1v) is 5.12. The Morgan fingerprint density at radius 3 is 2.50 bits per heavy atom. The predicted molar refractivity (Wildman–Crippen MR) is 58.8 cm³/mol. The van der Waals surface area contributed by atoms with Crippen molar-refractivity contribution in [2.45, 2.75) is 32.5 Å². The summed E-state index contributed by atoms with van der Waals surface area (Å²) < 4.78 is 18.6. The first kappa shape index (κ1) is 12.9. The average Bonchev–Trinajstić information content (AvgIpc) is 2.13. The van der Waals surface area contributed by atoms with Crippen LogP contribution in [0.1, 0.15) is 32.4 Å². The van der Waals surface area contributed by atoms with Gasteiger partial charge in [0.25, 0.3) is 0 Å². The molecule has 0 amide bonds. The quantitative estimate of drug-likeness (QED) is 0.829. The molecule has 0 aliphatic heterocycles. The fourth-order valence-electron chi connectivity index (χ4n) is 1.20. The van der Waals surface area contributed by atoms with Gasteiger partial charge >= 0.3 is 0 Å². The van der Waals surface area contributed by atoms with Crippen molar-refractivity contribution in [3.8, 4) is 5.75 Å². The highest BCUT2D eigenvalue weighted by Gasteiger charge is 2.14. The van der Waals surface area contributed by atoms with Gasteiger partial charge in [-0.2, -0.15) is 0 Å². The second-order valence-corrected chi connectivity index (χ2v) is 4.46. The molecule has 0 radical (unpaired) electrons. The van der Waals surface area contributed by atoms with E-state index in [1.165, 1.54) is 19.1 Å². The number of ether oxygens (including phenoxy) is 1. The van der Waals surface area contributed by atoms with E-state index in [0.717, 1.165) is 0 Å². The second kappa shape index (κ2) is 4.80. The van der Waals surface area contributed by atoms with Gasteiger partial charge in [-0.05, 0) is 32.9 Å². The first-order valence-electron chi connectivity index (χ1n) is 5.12. The lowest BCUT2D eigenvalue weighted by molar-refractivity contribution is 0.0283. The van der Waals surface area contributed by atoms with Crippen LogP contribution in [0.25, 0.3) is 0 Å². The maximum atomic E-state index is 13.4. The van der Waals surface area contributed by atoms with Gasteiger partial charge in [0, 0.05) is 11.6 Å². The zero-order valence-electron chi connectivity index (χ0n) is 9.70. The molecule has 0 bridgehead atoms. The average molecular weight is 228 g/mol. The SMILES string of the molecule is CC(O)c1ccc(OCC(C)(C)O)cc1F. The van der Waals surface area contributed by atoms with Crippen LogP contribution >= 0.6 is 0 Å². The van der Waals surface area contributed by atoms with Crippen LogP contribution < -0.4 is 4.74 Å². The van der Waals surface area contributed by atoms with Crippen LogP contribution in [0, 0.1) is 5.82 Å². The molecule has 0 heterocycles. The Balaban J connectivity index is 2.74. The highest BCUT2D eigenvalue weighted by atomic mass is 19.1. The van der Waals surface area contributed by atoms with E-state index in [9.17, 15) is 14.6 Å². The minimum atomic E-state index is -0.959. The minimum absolute atomic E-state index is 0.0838. The van der Waals surface area contributed by atoms with Crippen LogP contribution in [0.2, 0.25) is 0 Å². The van der Waals surface area contributed by atoms with Crippen LogP contribution in [0.15, 0.2) is 18.2 Å². The minimum Gasteiger partial charge on any atom is -0.491 e. The van der Waals surface area contributed by atoms with E-state index < -0.39 is 17.5 Å². The molecule has 1 aromatic carbocycles. The highest BCUT2D eigenvalue weighted by Crippen LogP contribution is 2.22. The van der Waals surface area contributed by atoms with E-state index in [-0.39, 0.29) is 12.2 Å². The van der Waals surface area contributed by atoms with Crippen LogP contribution in [0.4, 0.5) is 4.39 Å². The van der Waals surface area contributed by atoms with Crippen molar-refractivity contribution in [2.75, 3.05) is 6.61 Å². The summed E-state index contributed by atoms with van der Waals surface area (Å²) >= 11 is 0. The second-order valence-electron chi connectivity index (χ2n) is 4.46. The van der Waals surface area contributed by atoms with Crippen molar-refractivity contribution >= 4 is 0 Å². The summed E-state index contributed by atoms with van der Waals surface area (Å²) in [6.45, 7) is 4.79. The van der Waals surface area contributed by atoms with Gasteiger partial charge in [-0.25, -0.2) is 4.39 Å². The monoisotopic (exact) mass is 228 g/mol. The van der Waals surface area contributed by atoms with Gasteiger partial charge in [0.05, 0.1) is 11.7 Å². The number of rotatable bonds is 4. The molecular formula is C12H17FO3. The van der Waals surface area contributed by atoms with Crippen LogP contribution in [-0.4, -0.2) is 22.4 Å². The maximum absolute atomic E-state index is 13.4. The number of benzene rings is 1. The van der Waals surface area contributed by atoms with Crippen LogP contribution in [0.3, 0.4) is 0 Å². The van der Waals surface area contributed by atoms with E-state index in [1.54, 1.807) is 19.9 Å². The lowest BCUT2D eigenvalue weighted by Gasteiger charge is -2.18. The van der Waals surface area contributed by atoms with Gasteiger partial charge in [-0.1, -0.05) is 0 Å². The Labute approximate surface area is 94.5 Å². The Morgan fingerprint density at radius 1 is 1.44 bits per heavy atom. The number of aliphatic hydroxyl groups is 2. The molecule has 90 valence electrons. The topological polar surface area (TPSA) is 49.7 Å². The van der Waals surface area contributed by atoms with Crippen molar-refractivity contribution in [3.05, 3.63) is 29.6 Å². The summed E-state index contributed by atoms with van der Waals surface area (Å²) in [5.41, 5.74) is -0.727. The van der Waals surface area contributed by atoms with Gasteiger partial charge in [-0.15, -0.1) is 0 Å². The smallest absolute Gasteiger partial charge is 0.132 e. The zero-order chi connectivity index (χ0) is 12.3. The maximum Gasteiger partial charge on any atom is 0.132 e. The lowest BCUT2D eigenvalue weighted by Crippen LogP contribution is -2.27. The molecule has 1 aromatic rings. The van der Waals surface area contributed by atoms with Crippen LogP contribution in [0.5, 0.6) is 5.75 Å². The Bertz CT molecular complexity index is 356. The van der Waals surface area contributed by atoms with E-state index in [2.05, 4.69) is 0 Å². The number of halogens is 1. The van der Waals surface area contributed by atoms with Gasteiger partial charge in [-0.3, -0.25) is 0 Å². The fraction of sp³-hybridized carbons (Fsp3) is 0.500.